The molecular formula is C36H61GdN4Na2O11. The van der Waals surface area contributed by atoms with Gasteiger partial charge < -0.3 is 54.8 Å². The second-order valence-corrected chi connectivity index (χ2v) is 13.3. The Bertz CT molecular complexity index is 946. The summed E-state index contributed by atoms with van der Waals surface area (Å²) in [6.07, 6.45) is 19.8. The predicted octanol–water partition coefficient (Wildman–Crippen LogP) is -8.43. The quantitative estimate of drug-likeness (QED) is 0.0450. The first kappa shape index (κ1) is 60.7. The maximum atomic E-state index is 12.3. The van der Waals surface area contributed by atoms with E-state index in [9.17, 15) is 54.3 Å². The fourth-order valence-electron chi connectivity index (χ4n) is 6.01. The number of aliphatic carboxylic acids is 5. The minimum atomic E-state index is -1.56. The van der Waals surface area contributed by atoms with Crippen molar-refractivity contribution >= 4 is 35.8 Å². The number of amides is 1. The maximum absolute atomic E-state index is 12.3. The Morgan fingerprint density at radius 3 is 1.19 bits per heavy atom. The van der Waals surface area contributed by atoms with E-state index in [2.05, 4.69) is 12.2 Å². The molecule has 301 valence electrons. The molecule has 0 aliphatic rings. The zero-order chi connectivity index (χ0) is 38.3. The van der Waals surface area contributed by atoms with Crippen molar-refractivity contribution in [3.63, 3.8) is 0 Å². The summed E-state index contributed by atoms with van der Waals surface area (Å²) in [7, 11) is 0. The van der Waals surface area contributed by atoms with Crippen molar-refractivity contribution in [3.8, 4) is 0 Å². The van der Waals surface area contributed by atoms with Gasteiger partial charge in [0.1, 0.15) is 0 Å². The van der Waals surface area contributed by atoms with Gasteiger partial charge in [-0.2, -0.15) is 0 Å². The standard InChI is InChI=1S/C36H66N4O11.Gd.2Na/c1-2-3-4-5-6-7-8-9-10-11-12-13-14-15-16-20-31(41)37-21-18-17-19-30(36(50)51)40(24-22-38(26-32(42)43)27-33(44)45)25-23-39(28-34(46)47)29-35(48)49;;;/h30H,2-29H2,1H3,(H,37,41)(H,42,43)(H,44,45)(H,46,47)(H,48,49)(H,50,51);;;/q;+3;2*+1/p-5. The third kappa shape index (κ3) is 38.9. The number of rotatable bonds is 37. The predicted molar refractivity (Wildman–Crippen MR) is 180 cm³/mol. The number of hydrogen-bond donors (Lipinski definition) is 1. The molecule has 0 spiro atoms. The van der Waals surface area contributed by atoms with Crippen LogP contribution in [0.3, 0.4) is 0 Å². The van der Waals surface area contributed by atoms with Gasteiger partial charge in [-0.1, -0.05) is 96.8 Å². The number of carbonyl (C=O) groups excluding carboxylic acids is 6. The minimum absolute atomic E-state index is 0. The van der Waals surface area contributed by atoms with Crippen LogP contribution in [-0.4, -0.2) is 115 Å². The second-order valence-electron chi connectivity index (χ2n) is 13.3. The Morgan fingerprint density at radius 1 is 0.500 bits per heavy atom. The molecule has 18 heteroatoms. The molecule has 0 aromatic heterocycles. The van der Waals surface area contributed by atoms with Crippen molar-refractivity contribution in [2.45, 2.75) is 135 Å². The van der Waals surface area contributed by atoms with Crippen LogP contribution < -0.4 is 90.0 Å². The molecule has 1 N–H and O–H groups in total. The minimum Gasteiger partial charge on any atom is -0.549 e. The average molecular weight is 929 g/mol. The Morgan fingerprint density at radius 2 is 0.852 bits per heavy atom. The summed E-state index contributed by atoms with van der Waals surface area (Å²) in [6.45, 7) is -1.33. The Kier molecular flexibility index (Phi) is 46.3. The van der Waals surface area contributed by atoms with Gasteiger partial charge in [0, 0.05) is 71.4 Å². The summed E-state index contributed by atoms with van der Waals surface area (Å²) in [6, 6.07) is -1.26. The fourth-order valence-corrected chi connectivity index (χ4v) is 6.01. The van der Waals surface area contributed by atoms with Gasteiger partial charge in [0.2, 0.25) is 5.91 Å². The van der Waals surface area contributed by atoms with E-state index < -0.39 is 62.1 Å². The van der Waals surface area contributed by atoms with Crippen molar-refractivity contribution in [2.75, 3.05) is 58.9 Å². The van der Waals surface area contributed by atoms with Gasteiger partial charge in [-0.05, 0) is 25.7 Å². The number of hydrogen-bond acceptors (Lipinski definition) is 14. The average Bonchev–Trinajstić information content (AvgIpc) is 3.03. The van der Waals surface area contributed by atoms with E-state index in [0.29, 0.717) is 25.8 Å². The topological polar surface area (TPSA) is 239 Å². The molecule has 1 radical (unpaired) electrons. The first-order valence-corrected chi connectivity index (χ1v) is 18.8. The summed E-state index contributed by atoms with van der Waals surface area (Å²) < 4.78 is 0. The maximum Gasteiger partial charge on any atom is 3.00 e. The Hall–Kier alpha value is 0.0247. The van der Waals surface area contributed by atoms with E-state index >= 15 is 0 Å². The van der Waals surface area contributed by atoms with Crippen LogP contribution in [0.25, 0.3) is 0 Å². The number of nitrogens with one attached hydrogen (secondary N) is 1. The van der Waals surface area contributed by atoms with E-state index in [-0.39, 0.29) is 138 Å². The van der Waals surface area contributed by atoms with E-state index in [1.54, 1.807) is 0 Å². The van der Waals surface area contributed by atoms with Gasteiger partial charge in [0.05, 0.1) is 29.8 Å². The van der Waals surface area contributed by atoms with Crippen molar-refractivity contribution < 1.29 is 153 Å². The molecule has 0 aliphatic heterocycles. The van der Waals surface area contributed by atoms with Crippen LogP contribution in [0.1, 0.15) is 129 Å². The van der Waals surface area contributed by atoms with Crippen LogP contribution >= 0.6 is 0 Å². The van der Waals surface area contributed by atoms with Gasteiger partial charge in [-0.15, -0.1) is 0 Å². The monoisotopic (exact) mass is 929 g/mol. The summed E-state index contributed by atoms with van der Waals surface area (Å²) in [5.41, 5.74) is 0. The summed E-state index contributed by atoms with van der Waals surface area (Å²) >= 11 is 0. The normalized spacial score (nSPS) is 11.3. The fraction of sp³-hybridized carbons (Fsp3) is 0.833. The number of carboxylic acids is 5. The van der Waals surface area contributed by atoms with Crippen LogP contribution in [0.5, 0.6) is 0 Å². The molecule has 1 amide bonds. The molecule has 0 saturated carbocycles. The summed E-state index contributed by atoms with van der Waals surface area (Å²) in [4.78, 5) is 72.1. The molecule has 1 unspecified atom stereocenters. The molecule has 15 nitrogen and oxygen atoms in total. The molecular weight excluding hydrogens is 868 g/mol. The second kappa shape index (κ2) is 41.2. The number of unbranched alkanes of at least 4 members (excludes halogenated alkanes) is 15. The van der Waals surface area contributed by atoms with Crippen molar-refractivity contribution in [1.29, 1.82) is 0 Å². The number of nitrogens with zero attached hydrogens (tertiary/aromatic N) is 3. The largest absolute Gasteiger partial charge is 3.00 e. The zero-order valence-corrected chi connectivity index (χ0v) is 39.3. The van der Waals surface area contributed by atoms with Crippen molar-refractivity contribution in [2.24, 2.45) is 0 Å². The molecule has 0 fully saturated rings. The van der Waals surface area contributed by atoms with Crippen LogP contribution in [0.4, 0.5) is 0 Å². The van der Waals surface area contributed by atoms with E-state index in [4.69, 9.17) is 0 Å². The van der Waals surface area contributed by atoms with Gasteiger partial charge in [-0.25, -0.2) is 0 Å². The zero-order valence-electron chi connectivity index (χ0n) is 33.1. The molecule has 0 rings (SSSR count). The van der Waals surface area contributed by atoms with Gasteiger partial charge >= 0.3 is 99.1 Å². The molecule has 54 heavy (non-hydrogen) atoms. The number of carbonyl (C=O) groups is 6. The first-order valence-electron chi connectivity index (χ1n) is 18.8. The molecule has 0 aromatic carbocycles. The third-order valence-corrected chi connectivity index (χ3v) is 8.76. The van der Waals surface area contributed by atoms with E-state index in [1.165, 1.54) is 81.9 Å². The van der Waals surface area contributed by atoms with Gasteiger partial charge in [-0.3, -0.25) is 19.5 Å². The van der Waals surface area contributed by atoms with E-state index in [0.717, 1.165) is 29.1 Å². The Labute approximate surface area is 398 Å². The summed E-state index contributed by atoms with van der Waals surface area (Å²) in [5.74, 6) is -7.80. The van der Waals surface area contributed by atoms with Crippen molar-refractivity contribution in [3.05, 3.63) is 0 Å². The van der Waals surface area contributed by atoms with Gasteiger partial charge in [0.25, 0.3) is 0 Å². The van der Waals surface area contributed by atoms with Crippen molar-refractivity contribution in [1.82, 2.24) is 20.0 Å². The molecule has 0 saturated heterocycles. The SMILES string of the molecule is CCCCCCCCCCCCCCCCCC(=O)NCCCCC(C(=O)[O-])N(CCN(CC(=O)[O-])CC(=O)[O-])CCN(CC(=O)[O-])CC(=O)[O-].[Gd+3].[Na+].[Na+]. The van der Waals surface area contributed by atoms with Crippen LogP contribution in [0, 0.1) is 39.9 Å². The van der Waals surface area contributed by atoms with E-state index in [1.807, 2.05) is 0 Å². The smallest absolute Gasteiger partial charge is 0.549 e. The molecule has 0 heterocycles. The number of carboxylic acid groups (broad SMARTS) is 5. The van der Waals surface area contributed by atoms with Crippen LogP contribution in [0.15, 0.2) is 0 Å². The van der Waals surface area contributed by atoms with Gasteiger partial charge in [0.15, 0.2) is 0 Å². The third-order valence-electron chi connectivity index (χ3n) is 8.76. The first-order chi connectivity index (χ1) is 24.3. The molecule has 0 aliphatic carbocycles. The summed E-state index contributed by atoms with van der Waals surface area (Å²) in [5, 5.41) is 59.4. The Balaban J connectivity index is -0.00000417. The molecule has 1 atom stereocenters. The molecule has 0 aromatic rings. The van der Waals surface area contributed by atoms with Crippen LogP contribution in [-0.2, 0) is 28.8 Å². The van der Waals surface area contributed by atoms with Crippen LogP contribution in [0.2, 0.25) is 0 Å². The molecule has 0 bridgehead atoms.